The van der Waals surface area contributed by atoms with Crippen molar-refractivity contribution in [3.8, 4) is 0 Å². The van der Waals surface area contributed by atoms with Crippen molar-refractivity contribution in [3.05, 3.63) is 12.2 Å². The number of amides is 1. The van der Waals surface area contributed by atoms with E-state index in [4.69, 9.17) is 0 Å². The summed E-state index contributed by atoms with van der Waals surface area (Å²) in [7, 11) is 0. The van der Waals surface area contributed by atoms with Crippen molar-refractivity contribution in [2.75, 3.05) is 6.61 Å². The summed E-state index contributed by atoms with van der Waals surface area (Å²) in [5.74, 6) is -0.621. The van der Waals surface area contributed by atoms with Gasteiger partial charge in [-0.15, -0.1) is 0 Å². The van der Waals surface area contributed by atoms with Crippen LogP contribution in [-0.4, -0.2) is 57.3 Å². The second kappa shape index (κ2) is 31.5. The number of allylic oxidation sites excluding steroid dienone is 2. The van der Waals surface area contributed by atoms with Gasteiger partial charge in [0.2, 0.25) is 5.91 Å². The topological polar surface area (TPSA) is 110 Å². The van der Waals surface area contributed by atoms with E-state index in [1.165, 1.54) is 116 Å². The molecule has 0 radical (unpaired) electrons. The van der Waals surface area contributed by atoms with Crippen molar-refractivity contribution in [1.29, 1.82) is 0 Å². The molecule has 0 saturated carbocycles. The monoisotopic (exact) mass is 598 g/mol. The van der Waals surface area contributed by atoms with Crippen LogP contribution in [0.1, 0.15) is 181 Å². The van der Waals surface area contributed by atoms with Crippen LogP contribution in [0, 0.1) is 0 Å². The van der Waals surface area contributed by atoms with E-state index in [0.29, 0.717) is 12.8 Å². The van der Waals surface area contributed by atoms with Gasteiger partial charge in [-0.3, -0.25) is 4.79 Å². The van der Waals surface area contributed by atoms with E-state index in [-0.39, 0.29) is 6.42 Å². The van der Waals surface area contributed by atoms with E-state index in [9.17, 15) is 25.2 Å². The van der Waals surface area contributed by atoms with Crippen LogP contribution < -0.4 is 5.32 Å². The van der Waals surface area contributed by atoms with Gasteiger partial charge in [-0.2, -0.15) is 0 Å². The molecule has 0 aliphatic rings. The van der Waals surface area contributed by atoms with Gasteiger partial charge >= 0.3 is 0 Å². The molecule has 0 aromatic rings. The van der Waals surface area contributed by atoms with Crippen LogP contribution in [0.2, 0.25) is 0 Å². The second-order valence-electron chi connectivity index (χ2n) is 12.6. The smallest absolute Gasteiger partial charge is 0.249 e. The first-order chi connectivity index (χ1) is 20.5. The summed E-state index contributed by atoms with van der Waals surface area (Å²) in [5.41, 5.74) is 0. The fourth-order valence-electron chi connectivity index (χ4n) is 5.52. The third-order valence-corrected chi connectivity index (χ3v) is 8.48. The minimum absolute atomic E-state index is 0.285. The Hall–Kier alpha value is -0.950. The molecule has 250 valence electrons. The van der Waals surface area contributed by atoms with Gasteiger partial charge in [0, 0.05) is 0 Å². The summed E-state index contributed by atoms with van der Waals surface area (Å²) < 4.78 is 0. The molecule has 0 spiro atoms. The van der Waals surface area contributed by atoms with Crippen molar-refractivity contribution in [3.63, 3.8) is 0 Å². The van der Waals surface area contributed by atoms with Crippen molar-refractivity contribution in [2.24, 2.45) is 0 Å². The van der Waals surface area contributed by atoms with E-state index >= 15 is 0 Å². The van der Waals surface area contributed by atoms with E-state index in [0.717, 1.165) is 32.1 Å². The predicted octanol–water partition coefficient (Wildman–Crippen LogP) is 8.28. The minimum atomic E-state index is -1.26. The molecule has 0 saturated heterocycles. The minimum Gasteiger partial charge on any atom is -0.394 e. The van der Waals surface area contributed by atoms with E-state index in [1.54, 1.807) is 0 Å². The van der Waals surface area contributed by atoms with Gasteiger partial charge in [0.1, 0.15) is 12.2 Å². The Kier molecular flexibility index (Phi) is 30.8. The second-order valence-corrected chi connectivity index (χ2v) is 12.6. The highest BCUT2D eigenvalue weighted by Gasteiger charge is 2.28. The zero-order valence-corrected chi connectivity index (χ0v) is 27.8. The number of nitrogens with one attached hydrogen (secondary N) is 1. The van der Waals surface area contributed by atoms with Crippen LogP contribution in [0.5, 0.6) is 0 Å². The third-order valence-electron chi connectivity index (χ3n) is 8.48. The molecule has 0 aromatic heterocycles. The molecule has 0 bridgehead atoms. The molecular weight excluding hydrogens is 526 g/mol. The Morgan fingerprint density at radius 1 is 0.571 bits per heavy atom. The average Bonchev–Trinajstić information content (AvgIpc) is 2.99. The number of hydrogen-bond donors (Lipinski definition) is 5. The van der Waals surface area contributed by atoms with Gasteiger partial charge in [0.25, 0.3) is 0 Å². The molecule has 5 N–H and O–H groups in total. The van der Waals surface area contributed by atoms with Gasteiger partial charge in [0.15, 0.2) is 0 Å². The van der Waals surface area contributed by atoms with Gasteiger partial charge in [-0.05, 0) is 32.1 Å². The highest BCUT2D eigenvalue weighted by molar-refractivity contribution is 5.80. The fourth-order valence-corrected chi connectivity index (χ4v) is 5.52. The number of hydrogen-bond acceptors (Lipinski definition) is 5. The molecular formula is C36H71NO5. The lowest BCUT2D eigenvalue weighted by molar-refractivity contribution is -0.132. The SMILES string of the molecule is CCCCCC/C=C\CCC(O)C(=O)NC(CO)C(O)C(O)CCCCCCCCCCCCCCCCCCCC. The molecule has 42 heavy (non-hydrogen) atoms. The summed E-state index contributed by atoms with van der Waals surface area (Å²) in [6.45, 7) is 3.97. The molecule has 0 aliphatic heterocycles. The summed E-state index contributed by atoms with van der Waals surface area (Å²) in [5, 5.41) is 43.2. The quantitative estimate of drug-likeness (QED) is 0.0396. The Morgan fingerprint density at radius 3 is 1.43 bits per heavy atom. The fraction of sp³-hybridized carbons (Fsp3) is 0.917. The van der Waals surface area contributed by atoms with Crippen LogP contribution >= 0.6 is 0 Å². The number of unbranched alkanes of at least 4 members (excludes halogenated alkanes) is 21. The Balaban J connectivity index is 3.77. The summed E-state index contributed by atoms with van der Waals surface area (Å²) >= 11 is 0. The van der Waals surface area contributed by atoms with E-state index in [1.807, 2.05) is 6.08 Å². The number of aliphatic hydroxyl groups excluding tert-OH is 4. The van der Waals surface area contributed by atoms with Crippen molar-refractivity contribution in [2.45, 2.75) is 205 Å². The van der Waals surface area contributed by atoms with Gasteiger partial charge in [-0.1, -0.05) is 161 Å². The highest BCUT2D eigenvalue weighted by atomic mass is 16.3. The lowest BCUT2D eigenvalue weighted by Gasteiger charge is -2.27. The number of aliphatic hydroxyl groups is 4. The normalized spacial score (nSPS) is 14.7. The number of carbonyl (C=O) groups excluding carboxylic acids is 1. The Labute approximate surface area is 260 Å². The zero-order valence-electron chi connectivity index (χ0n) is 27.8. The highest BCUT2D eigenvalue weighted by Crippen LogP contribution is 2.16. The third kappa shape index (κ3) is 25.5. The Bertz CT molecular complexity index is 599. The first kappa shape index (κ1) is 41.0. The lowest BCUT2D eigenvalue weighted by Crippen LogP contribution is -2.53. The van der Waals surface area contributed by atoms with Crippen molar-refractivity contribution < 1.29 is 25.2 Å². The molecule has 0 fully saturated rings. The standard InChI is InChI=1S/C36H71NO5/c1-3-5-7-9-11-13-14-15-16-17-18-19-20-21-22-24-25-27-29-33(39)35(41)32(31-38)37-36(42)34(40)30-28-26-23-12-10-8-6-4-2/h23,26,32-35,38-41H,3-22,24-25,27-31H2,1-2H3,(H,37,42)/b26-23-. The van der Waals surface area contributed by atoms with Gasteiger partial charge < -0.3 is 25.7 Å². The maximum atomic E-state index is 12.3. The van der Waals surface area contributed by atoms with Crippen LogP contribution in [0.3, 0.4) is 0 Å². The lowest BCUT2D eigenvalue weighted by atomic mass is 9.99. The molecule has 0 rings (SSSR count). The molecule has 4 atom stereocenters. The molecule has 0 aromatic carbocycles. The van der Waals surface area contributed by atoms with Crippen molar-refractivity contribution >= 4 is 5.91 Å². The average molecular weight is 598 g/mol. The molecule has 0 aliphatic carbocycles. The van der Waals surface area contributed by atoms with Crippen LogP contribution in [-0.2, 0) is 4.79 Å². The van der Waals surface area contributed by atoms with Crippen LogP contribution in [0.15, 0.2) is 12.2 Å². The van der Waals surface area contributed by atoms with E-state index in [2.05, 4.69) is 25.2 Å². The zero-order chi connectivity index (χ0) is 31.1. The molecule has 4 unspecified atom stereocenters. The van der Waals surface area contributed by atoms with Crippen LogP contribution in [0.25, 0.3) is 0 Å². The maximum absolute atomic E-state index is 12.3. The first-order valence-corrected chi connectivity index (χ1v) is 18.1. The number of rotatable bonds is 32. The summed E-state index contributed by atoms with van der Waals surface area (Å²) in [6.07, 6.45) is 31.1. The van der Waals surface area contributed by atoms with Crippen molar-refractivity contribution in [1.82, 2.24) is 5.32 Å². The summed E-state index contributed by atoms with van der Waals surface area (Å²) in [6, 6.07) is -0.994. The van der Waals surface area contributed by atoms with E-state index < -0.39 is 36.9 Å². The molecule has 1 amide bonds. The largest absolute Gasteiger partial charge is 0.394 e. The molecule has 6 heteroatoms. The molecule has 6 nitrogen and oxygen atoms in total. The Morgan fingerprint density at radius 2 is 0.976 bits per heavy atom. The summed E-state index contributed by atoms with van der Waals surface area (Å²) in [4.78, 5) is 12.3. The van der Waals surface area contributed by atoms with Gasteiger partial charge in [0.05, 0.1) is 18.8 Å². The predicted molar refractivity (Wildman–Crippen MR) is 178 cm³/mol. The maximum Gasteiger partial charge on any atom is 0.249 e. The first-order valence-electron chi connectivity index (χ1n) is 18.1. The number of carbonyl (C=O) groups is 1. The molecule has 0 heterocycles. The van der Waals surface area contributed by atoms with Gasteiger partial charge in [-0.25, -0.2) is 0 Å². The van der Waals surface area contributed by atoms with Crippen LogP contribution in [0.4, 0.5) is 0 Å².